The normalized spacial score (nSPS) is 22.3. The number of nitrogens with one attached hydrogen (secondary N) is 1. The third-order valence-corrected chi connectivity index (χ3v) is 2.97. The van der Waals surface area contributed by atoms with Gasteiger partial charge in [-0.25, -0.2) is 18.5 Å². The van der Waals surface area contributed by atoms with E-state index in [1.54, 1.807) is 6.07 Å². The standard InChI is InChI=1S/C12H9F2N3O2/c1-12(8-3-2-7(13)6-9(8)14)10(18)17(5-4-15)11(19)16-12/h2-3,6H,5H2,1H3,(H,16,19)/t12-/m0/s1. The lowest BCUT2D eigenvalue weighted by atomic mass is 9.91. The molecule has 1 N–H and O–H groups in total. The van der Waals surface area contributed by atoms with Crippen molar-refractivity contribution in [1.82, 2.24) is 10.2 Å². The van der Waals surface area contributed by atoms with Gasteiger partial charge in [-0.05, 0) is 13.0 Å². The largest absolute Gasteiger partial charge is 0.326 e. The number of nitriles is 1. The summed E-state index contributed by atoms with van der Waals surface area (Å²) in [5.74, 6) is -2.46. The topological polar surface area (TPSA) is 73.2 Å². The fraction of sp³-hybridized carbons (Fsp3) is 0.250. The minimum Gasteiger partial charge on any atom is -0.319 e. The SMILES string of the molecule is C[C@@]1(c2ccc(F)cc2F)NC(=O)N(CC#N)C1=O. The molecule has 1 aliphatic rings. The van der Waals surface area contributed by atoms with E-state index in [0.29, 0.717) is 11.0 Å². The van der Waals surface area contributed by atoms with Crippen LogP contribution < -0.4 is 5.32 Å². The lowest BCUT2D eigenvalue weighted by molar-refractivity contribution is -0.130. The molecule has 0 bridgehead atoms. The van der Waals surface area contributed by atoms with Gasteiger partial charge in [-0.3, -0.25) is 4.79 Å². The van der Waals surface area contributed by atoms with Gasteiger partial charge in [-0.1, -0.05) is 6.07 Å². The second kappa shape index (κ2) is 4.31. The summed E-state index contributed by atoms with van der Waals surface area (Å²) in [6.45, 7) is 0.879. The van der Waals surface area contributed by atoms with Crippen LogP contribution in [0.2, 0.25) is 0 Å². The number of imide groups is 1. The number of rotatable bonds is 2. The lowest BCUT2D eigenvalue weighted by Crippen LogP contribution is -2.41. The van der Waals surface area contributed by atoms with E-state index in [4.69, 9.17) is 5.26 Å². The Morgan fingerprint density at radius 2 is 2.11 bits per heavy atom. The van der Waals surface area contributed by atoms with Crippen LogP contribution in [-0.2, 0) is 10.3 Å². The molecule has 1 heterocycles. The molecule has 1 saturated heterocycles. The first-order chi connectivity index (χ1) is 8.90. The van der Waals surface area contributed by atoms with Crippen molar-refractivity contribution in [2.45, 2.75) is 12.5 Å². The van der Waals surface area contributed by atoms with Gasteiger partial charge < -0.3 is 5.32 Å². The quantitative estimate of drug-likeness (QED) is 0.646. The van der Waals surface area contributed by atoms with E-state index in [-0.39, 0.29) is 5.56 Å². The van der Waals surface area contributed by atoms with Crippen molar-refractivity contribution in [2.75, 3.05) is 6.54 Å². The number of carbonyl (C=O) groups excluding carboxylic acids is 2. The van der Waals surface area contributed by atoms with Crippen molar-refractivity contribution in [3.63, 3.8) is 0 Å². The summed E-state index contributed by atoms with van der Waals surface area (Å²) in [4.78, 5) is 24.4. The zero-order valence-corrected chi connectivity index (χ0v) is 9.91. The van der Waals surface area contributed by atoms with E-state index in [1.807, 2.05) is 0 Å². The third kappa shape index (κ3) is 1.91. The molecule has 1 aromatic rings. The van der Waals surface area contributed by atoms with Crippen LogP contribution in [0.25, 0.3) is 0 Å². The highest BCUT2D eigenvalue weighted by Gasteiger charge is 2.50. The monoisotopic (exact) mass is 265 g/mol. The van der Waals surface area contributed by atoms with E-state index in [1.165, 1.54) is 6.92 Å². The molecule has 1 aromatic carbocycles. The van der Waals surface area contributed by atoms with Crippen LogP contribution in [0.1, 0.15) is 12.5 Å². The van der Waals surface area contributed by atoms with Gasteiger partial charge in [0.1, 0.15) is 23.7 Å². The third-order valence-electron chi connectivity index (χ3n) is 2.97. The highest BCUT2D eigenvalue weighted by molar-refractivity contribution is 6.07. The van der Waals surface area contributed by atoms with Crippen molar-refractivity contribution >= 4 is 11.9 Å². The van der Waals surface area contributed by atoms with E-state index in [9.17, 15) is 18.4 Å². The summed E-state index contributed by atoms with van der Waals surface area (Å²) in [6.07, 6.45) is 0. The second-order valence-electron chi connectivity index (χ2n) is 4.23. The van der Waals surface area contributed by atoms with Crippen LogP contribution in [0.4, 0.5) is 13.6 Å². The Labute approximate surface area is 107 Å². The molecule has 0 unspecified atom stereocenters. The molecule has 2 rings (SSSR count). The van der Waals surface area contributed by atoms with Crippen molar-refractivity contribution in [1.29, 1.82) is 5.26 Å². The summed E-state index contributed by atoms with van der Waals surface area (Å²) in [5.41, 5.74) is -1.78. The smallest absolute Gasteiger partial charge is 0.319 e. The summed E-state index contributed by atoms with van der Waals surface area (Å²) in [6, 6.07) is 3.62. The first-order valence-electron chi connectivity index (χ1n) is 5.36. The van der Waals surface area contributed by atoms with Gasteiger partial charge in [0.05, 0.1) is 6.07 Å². The van der Waals surface area contributed by atoms with Crippen molar-refractivity contribution in [2.24, 2.45) is 0 Å². The van der Waals surface area contributed by atoms with Crippen LogP contribution in [0.3, 0.4) is 0 Å². The molecule has 5 nitrogen and oxygen atoms in total. The predicted octanol–water partition coefficient (Wildman–Crippen LogP) is 1.26. The van der Waals surface area contributed by atoms with Crippen LogP contribution in [0.5, 0.6) is 0 Å². The van der Waals surface area contributed by atoms with Crippen LogP contribution >= 0.6 is 0 Å². The fourth-order valence-corrected chi connectivity index (χ4v) is 1.99. The van der Waals surface area contributed by atoms with Crippen LogP contribution in [0, 0.1) is 23.0 Å². The number of carbonyl (C=O) groups is 2. The Kier molecular flexibility index (Phi) is 2.94. The maximum absolute atomic E-state index is 13.7. The summed E-state index contributed by atoms with van der Waals surface area (Å²) in [5, 5.41) is 10.9. The van der Waals surface area contributed by atoms with Gasteiger partial charge in [0.2, 0.25) is 0 Å². The van der Waals surface area contributed by atoms with Crippen molar-refractivity contribution in [3.8, 4) is 6.07 Å². The second-order valence-corrected chi connectivity index (χ2v) is 4.23. The highest BCUT2D eigenvalue weighted by atomic mass is 19.1. The van der Waals surface area contributed by atoms with Gasteiger partial charge in [0.25, 0.3) is 5.91 Å². The van der Waals surface area contributed by atoms with Crippen LogP contribution in [0.15, 0.2) is 18.2 Å². The van der Waals surface area contributed by atoms with Gasteiger partial charge in [0.15, 0.2) is 0 Å². The van der Waals surface area contributed by atoms with Gasteiger partial charge in [0, 0.05) is 11.6 Å². The molecule has 0 saturated carbocycles. The lowest BCUT2D eigenvalue weighted by Gasteiger charge is -2.22. The van der Waals surface area contributed by atoms with Crippen LogP contribution in [-0.4, -0.2) is 23.4 Å². The van der Waals surface area contributed by atoms with E-state index < -0.39 is 35.7 Å². The maximum atomic E-state index is 13.7. The number of benzene rings is 1. The molecule has 1 aliphatic heterocycles. The number of halogens is 2. The minimum absolute atomic E-state index is 0.146. The fourth-order valence-electron chi connectivity index (χ4n) is 1.99. The molecule has 98 valence electrons. The van der Waals surface area contributed by atoms with E-state index in [0.717, 1.165) is 12.1 Å². The number of nitrogens with zero attached hydrogens (tertiary/aromatic N) is 2. The Hall–Kier alpha value is -2.49. The molecule has 19 heavy (non-hydrogen) atoms. The number of urea groups is 1. The zero-order chi connectivity index (χ0) is 14.2. The van der Waals surface area contributed by atoms with Crippen molar-refractivity contribution < 1.29 is 18.4 Å². The van der Waals surface area contributed by atoms with Gasteiger partial charge in [-0.15, -0.1) is 0 Å². The molecule has 0 aromatic heterocycles. The Bertz CT molecular complexity index is 611. The number of hydrogen-bond donors (Lipinski definition) is 1. The first-order valence-corrected chi connectivity index (χ1v) is 5.36. The van der Waals surface area contributed by atoms with Gasteiger partial charge in [-0.2, -0.15) is 5.26 Å². The molecule has 7 heteroatoms. The molecule has 0 aliphatic carbocycles. The Morgan fingerprint density at radius 3 is 2.68 bits per heavy atom. The average molecular weight is 265 g/mol. The number of amides is 3. The van der Waals surface area contributed by atoms with Gasteiger partial charge >= 0.3 is 6.03 Å². The molecular formula is C12H9F2N3O2. The zero-order valence-electron chi connectivity index (χ0n) is 9.91. The molecule has 1 atom stereocenters. The molecule has 0 spiro atoms. The maximum Gasteiger partial charge on any atom is 0.326 e. The minimum atomic E-state index is -1.63. The Balaban J connectivity index is 2.47. The van der Waals surface area contributed by atoms with Crippen molar-refractivity contribution in [3.05, 3.63) is 35.4 Å². The molecular weight excluding hydrogens is 256 g/mol. The highest BCUT2D eigenvalue weighted by Crippen LogP contribution is 2.30. The molecule has 0 radical (unpaired) electrons. The summed E-state index contributed by atoms with van der Waals surface area (Å²) in [7, 11) is 0. The van der Waals surface area contributed by atoms with E-state index in [2.05, 4.69) is 5.32 Å². The summed E-state index contributed by atoms with van der Waals surface area (Å²) >= 11 is 0. The number of hydrogen-bond acceptors (Lipinski definition) is 3. The first kappa shape index (κ1) is 13.0. The van der Waals surface area contributed by atoms with E-state index >= 15 is 0 Å². The summed E-state index contributed by atoms with van der Waals surface area (Å²) < 4.78 is 26.6. The predicted molar refractivity (Wildman–Crippen MR) is 59.6 cm³/mol. The average Bonchev–Trinajstić information content (AvgIpc) is 2.54. The molecule has 3 amide bonds. The molecule has 1 fully saturated rings. The Morgan fingerprint density at radius 1 is 1.42 bits per heavy atom.